The highest BCUT2D eigenvalue weighted by Gasteiger charge is 2.21. The number of amides is 3. The maximum absolute atomic E-state index is 12.5. The maximum atomic E-state index is 12.5. The minimum Gasteiger partial charge on any atom is -0.410 e. The van der Waals surface area contributed by atoms with Gasteiger partial charge in [0.1, 0.15) is 11.3 Å². The minimum atomic E-state index is -0.536. The van der Waals surface area contributed by atoms with Crippen LogP contribution in [-0.2, 0) is 0 Å². The van der Waals surface area contributed by atoms with Crippen molar-refractivity contribution in [3.8, 4) is 5.75 Å². The number of nitrogens with one attached hydrogen (secondary N) is 3. The van der Waals surface area contributed by atoms with Crippen molar-refractivity contribution < 1.29 is 14.3 Å². The van der Waals surface area contributed by atoms with E-state index in [-0.39, 0.29) is 6.03 Å². The van der Waals surface area contributed by atoms with Gasteiger partial charge in [-0.15, -0.1) is 5.10 Å². The average Bonchev–Trinajstić information content (AvgIpc) is 3.21. The van der Waals surface area contributed by atoms with Crippen LogP contribution in [0.25, 0.3) is 11.0 Å². The Morgan fingerprint density at radius 3 is 2.56 bits per heavy atom. The SMILES string of the molecule is O=C(NCCN1CCN(C(=O)Nc2cc(Cl)cc(Cl)c2)CC1)Oc1ccc2[nH]nnc2c1. The van der Waals surface area contributed by atoms with Gasteiger partial charge >= 0.3 is 12.1 Å². The summed E-state index contributed by atoms with van der Waals surface area (Å²) >= 11 is 11.9. The van der Waals surface area contributed by atoms with Crippen LogP contribution in [0.5, 0.6) is 5.75 Å². The molecule has 10 nitrogen and oxygen atoms in total. The molecule has 2 aromatic carbocycles. The Labute approximate surface area is 193 Å². The third kappa shape index (κ3) is 5.78. The minimum absolute atomic E-state index is 0.200. The lowest BCUT2D eigenvalue weighted by atomic mass is 10.3. The first-order chi connectivity index (χ1) is 15.5. The molecular weight excluding hydrogens is 457 g/mol. The third-order valence-corrected chi connectivity index (χ3v) is 5.42. The molecule has 12 heteroatoms. The Hall–Kier alpha value is -3.08. The second kappa shape index (κ2) is 10.0. The number of H-pyrrole nitrogens is 1. The fourth-order valence-corrected chi connectivity index (χ4v) is 3.87. The molecule has 1 aliphatic rings. The van der Waals surface area contributed by atoms with Crippen LogP contribution in [0.4, 0.5) is 15.3 Å². The van der Waals surface area contributed by atoms with Crippen LogP contribution in [0.2, 0.25) is 10.0 Å². The van der Waals surface area contributed by atoms with Gasteiger partial charge in [0.05, 0.1) is 5.52 Å². The average molecular weight is 478 g/mol. The lowest BCUT2D eigenvalue weighted by Gasteiger charge is -2.34. The van der Waals surface area contributed by atoms with Crippen molar-refractivity contribution in [3.63, 3.8) is 0 Å². The molecule has 32 heavy (non-hydrogen) atoms. The number of aromatic nitrogens is 3. The highest BCUT2D eigenvalue weighted by atomic mass is 35.5. The van der Waals surface area contributed by atoms with E-state index < -0.39 is 6.09 Å². The summed E-state index contributed by atoms with van der Waals surface area (Å²) in [4.78, 5) is 28.4. The number of urea groups is 1. The lowest BCUT2D eigenvalue weighted by molar-refractivity contribution is 0.146. The predicted molar refractivity (Wildman–Crippen MR) is 121 cm³/mol. The molecule has 0 spiro atoms. The number of piperazine rings is 1. The van der Waals surface area contributed by atoms with Gasteiger partial charge in [0.2, 0.25) is 0 Å². The molecule has 0 atom stereocenters. The van der Waals surface area contributed by atoms with Crippen molar-refractivity contribution in [1.29, 1.82) is 0 Å². The van der Waals surface area contributed by atoms with E-state index in [1.54, 1.807) is 41.3 Å². The zero-order valence-electron chi connectivity index (χ0n) is 17.0. The van der Waals surface area contributed by atoms with E-state index in [4.69, 9.17) is 27.9 Å². The molecule has 1 aromatic heterocycles. The summed E-state index contributed by atoms with van der Waals surface area (Å²) in [6, 6.07) is 9.76. The van der Waals surface area contributed by atoms with Crippen LogP contribution in [-0.4, -0.2) is 76.6 Å². The van der Waals surface area contributed by atoms with Crippen molar-refractivity contribution in [2.24, 2.45) is 0 Å². The van der Waals surface area contributed by atoms with E-state index in [1.165, 1.54) is 0 Å². The molecule has 168 valence electrons. The summed E-state index contributed by atoms with van der Waals surface area (Å²) in [5.41, 5.74) is 1.94. The van der Waals surface area contributed by atoms with Gasteiger partial charge in [0, 0.05) is 61.1 Å². The number of carbonyl (C=O) groups is 2. The van der Waals surface area contributed by atoms with Gasteiger partial charge in [0.25, 0.3) is 0 Å². The number of carbonyl (C=O) groups excluding carboxylic acids is 2. The van der Waals surface area contributed by atoms with Crippen LogP contribution in [0, 0.1) is 0 Å². The molecule has 1 fully saturated rings. The number of aromatic amines is 1. The number of ether oxygens (including phenoxy) is 1. The lowest BCUT2D eigenvalue weighted by Crippen LogP contribution is -2.51. The quantitative estimate of drug-likeness (QED) is 0.519. The largest absolute Gasteiger partial charge is 0.412 e. The number of hydrogen-bond donors (Lipinski definition) is 3. The molecular formula is C20H21Cl2N7O3. The Kier molecular flexibility index (Phi) is 6.93. The molecule has 1 aliphatic heterocycles. The van der Waals surface area contributed by atoms with E-state index in [2.05, 4.69) is 30.9 Å². The standard InChI is InChI=1S/C20H21Cl2N7O3/c21-13-9-14(22)11-15(10-13)24-19(30)29-7-5-28(6-8-29)4-3-23-20(31)32-16-1-2-17-18(12-16)26-27-25-17/h1-2,9-12H,3-8H2,(H,23,31)(H,24,30)(H,25,26,27). The van der Waals surface area contributed by atoms with Gasteiger partial charge in [-0.3, -0.25) is 10.00 Å². The first kappa shape index (κ1) is 22.1. The summed E-state index contributed by atoms with van der Waals surface area (Å²) < 4.78 is 5.27. The van der Waals surface area contributed by atoms with E-state index in [1.807, 2.05) is 0 Å². The summed E-state index contributed by atoms with van der Waals surface area (Å²) in [5.74, 6) is 0.393. The van der Waals surface area contributed by atoms with Crippen LogP contribution < -0.4 is 15.4 Å². The predicted octanol–water partition coefficient (Wildman–Crippen LogP) is 3.20. The molecule has 2 heterocycles. The van der Waals surface area contributed by atoms with E-state index in [0.29, 0.717) is 66.3 Å². The zero-order chi connectivity index (χ0) is 22.5. The Balaban J connectivity index is 1.16. The smallest absolute Gasteiger partial charge is 0.410 e. The molecule has 1 saturated heterocycles. The fraction of sp³-hybridized carbons (Fsp3) is 0.300. The van der Waals surface area contributed by atoms with Gasteiger partial charge in [-0.25, -0.2) is 9.59 Å². The van der Waals surface area contributed by atoms with E-state index >= 15 is 0 Å². The number of hydrogen-bond acceptors (Lipinski definition) is 6. The normalized spacial score (nSPS) is 14.4. The molecule has 3 aromatic rings. The highest BCUT2D eigenvalue weighted by Crippen LogP contribution is 2.23. The highest BCUT2D eigenvalue weighted by molar-refractivity contribution is 6.35. The van der Waals surface area contributed by atoms with Crippen molar-refractivity contribution in [3.05, 3.63) is 46.4 Å². The van der Waals surface area contributed by atoms with Crippen LogP contribution >= 0.6 is 23.2 Å². The van der Waals surface area contributed by atoms with Crippen molar-refractivity contribution >= 4 is 52.0 Å². The number of nitrogens with zero attached hydrogens (tertiary/aromatic N) is 4. The molecule has 0 aliphatic carbocycles. The Morgan fingerprint density at radius 1 is 1.06 bits per heavy atom. The Morgan fingerprint density at radius 2 is 1.81 bits per heavy atom. The number of halogens is 2. The van der Waals surface area contributed by atoms with Crippen LogP contribution in [0.3, 0.4) is 0 Å². The maximum Gasteiger partial charge on any atom is 0.412 e. The monoisotopic (exact) mass is 477 g/mol. The molecule has 0 saturated carbocycles. The van der Waals surface area contributed by atoms with Gasteiger partial charge in [-0.05, 0) is 30.3 Å². The van der Waals surface area contributed by atoms with E-state index in [0.717, 1.165) is 5.52 Å². The first-order valence-electron chi connectivity index (χ1n) is 9.97. The first-order valence-corrected chi connectivity index (χ1v) is 10.7. The summed E-state index contributed by atoms with van der Waals surface area (Å²) in [5, 5.41) is 16.8. The number of benzene rings is 2. The molecule has 3 N–H and O–H groups in total. The van der Waals surface area contributed by atoms with Crippen molar-refractivity contribution in [2.45, 2.75) is 0 Å². The molecule has 0 radical (unpaired) electrons. The van der Waals surface area contributed by atoms with E-state index in [9.17, 15) is 9.59 Å². The number of rotatable bonds is 5. The summed E-state index contributed by atoms with van der Waals surface area (Å²) in [6.07, 6.45) is -0.536. The van der Waals surface area contributed by atoms with Gasteiger partial charge in [0.15, 0.2) is 0 Å². The zero-order valence-corrected chi connectivity index (χ0v) is 18.5. The Bertz CT molecular complexity index is 1100. The summed E-state index contributed by atoms with van der Waals surface area (Å²) in [7, 11) is 0. The van der Waals surface area contributed by atoms with Gasteiger partial charge in [-0.1, -0.05) is 28.4 Å². The topological polar surface area (TPSA) is 115 Å². The molecule has 0 bridgehead atoms. The third-order valence-electron chi connectivity index (χ3n) is 4.98. The van der Waals surface area contributed by atoms with Crippen LogP contribution in [0.15, 0.2) is 36.4 Å². The molecule has 0 unspecified atom stereocenters. The molecule has 3 amide bonds. The second-order valence-corrected chi connectivity index (χ2v) is 8.10. The fourth-order valence-electron chi connectivity index (χ4n) is 3.35. The number of fused-ring (bicyclic) bond motifs is 1. The van der Waals surface area contributed by atoms with Crippen molar-refractivity contribution in [1.82, 2.24) is 30.5 Å². The summed E-state index contributed by atoms with van der Waals surface area (Å²) in [6.45, 7) is 3.62. The number of anilines is 1. The second-order valence-electron chi connectivity index (χ2n) is 7.22. The molecule has 4 rings (SSSR count). The van der Waals surface area contributed by atoms with Gasteiger partial charge < -0.3 is 20.3 Å². The van der Waals surface area contributed by atoms with Crippen molar-refractivity contribution in [2.75, 3.05) is 44.6 Å². The van der Waals surface area contributed by atoms with Gasteiger partial charge in [-0.2, -0.15) is 0 Å². The van der Waals surface area contributed by atoms with Crippen LogP contribution in [0.1, 0.15) is 0 Å².